The van der Waals surface area contributed by atoms with E-state index < -0.39 is 5.41 Å². The number of hydrogen-bond acceptors (Lipinski definition) is 7. The highest BCUT2D eigenvalue weighted by atomic mass is 32.2. The van der Waals surface area contributed by atoms with Crippen molar-refractivity contribution in [1.29, 1.82) is 0 Å². The van der Waals surface area contributed by atoms with Gasteiger partial charge in [-0.1, -0.05) is 12.0 Å². The van der Waals surface area contributed by atoms with Crippen LogP contribution in [0.4, 0.5) is 17.2 Å². The molecule has 0 spiro atoms. The van der Waals surface area contributed by atoms with E-state index in [2.05, 4.69) is 61.4 Å². The highest BCUT2D eigenvalue weighted by molar-refractivity contribution is 7.97. The van der Waals surface area contributed by atoms with Crippen LogP contribution >= 0.6 is 11.9 Å². The number of carbonyl (C=O) groups is 1. The fourth-order valence-electron chi connectivity index (χ4n) is 4.76. The van der Waals surface area contributed by atoms with Gasteiger partial charge in [-0.3, -0.25) is 9.52 Å². The Bertz CT molecular complexity index is 1600. The maximum Gasteiger partial charge on any atom is 0.234 e. The van der Waals surface area contributed by atoms with Gasteiger partial charge in [0.25, 0.3) is 0 Å². The van der Waals surface area contributed by atoms with Crippen LogP contribution in [0, 0.1) is 11.8 Å². The van der Waals surface area contributed by atoms with Gasteiger partial charge in [0.1, 0.15) is 11.5 Å². The average Bonchev–Trinajstić information content (AvgIpc) is 3.19. The first-order chi connectivity index (χ1) is 19.0. The zero-order chi connectivity index (χ0) is 26.8. The van der Waals surface area contributed by atoms with E-state index in [0.717, 1.165) is 70.0 Å². The molecule has 8 heteroatoms. The van der Waals surface area contributed by atoms with E-state index in [1.54, 1.807) is 18.1 Å². The van der Waals surface area contributed by atoms with Gasteiger partial charge < -0.3 is 15.4 Å². The first-order valence-corrected chi connectivity index (χ1v) is 13.9. The van der Waals surface area contributed by atoms with Crippen molar-refractivity contribution in [2.24, 2.45) is 0 Å². The molecule has 39 heavy (non-hydrogen) atoms. The molecule has 0 saturated carbocycles. The molecule has 1 fully saturated rings. The second-order valence-corrected chi connectivity index (χ2v) is 11.2. The predicted octanol–water partition coefficient (Wildman–Crippen LogP) is 5.78. The summed E-state index contributed by atoms with van der Waals surface area (Å²) in [5, 5.41) is 8.25. The zero-order valence-corrected chi connectivity index (χ0v) is 22.7. The maximum atomic E-state index is 12.3. The number of pyridine rings is 2. The lowest BCUT2D eigenvalue weighted by Gasteiger charge is -2.22. The molecule has 4 heterocycles. The number of aromatic nitrogens is 2. The van der Waals surface area contributed by atoms with Crippen molar-refractivity contribution in [3.8, 4) is 11.8 Å². The minimum atomic E-state index is -0.532. The fourth-order valence-corrected chi connectivity index (χ4v) is 5.57. The number of ether oxygens (including phenoxy) is 1. The molecule has 2 aromatic carbocycles. The van der Waals surface area contributed by atoms with Crippen LogP contribution in [0.1, 0.15) is 43.5 Å². The van der Waals surface area contributed by atoms with Crippen molar-refractivity contribution in [3.63, 3.8) is 0 Å². The summed E-state index contributed by atoms with van der Waals surface area (Å²) in [5.74, 6) is 7.17. The van der Waals surface area contributed by atoms with Gasteiger partial charge in [0.05, 0.1) is 5.41 Å². The summed E-state index contributed by atoms with van der Waals surface area (Å²) in [4.78, 5) is 22.6. The number of nitrogens with one attached hydrogen (secondary N) is 3. The summed E-state index contributed by atoms with van der Waals surface area (Å²) in [7, 11) is 0. The molecule has 2 aromatic heterocycles. The van der Waals surface area contributed by atoms with Crippen LogP contribution in [0.25, 0.3) is 10.8 Å². The minimum absolute atomic E-state index is 0.00547. The fraction of sp³-hybridized carbons (Fsp3) is 0.258. The van der Waals surface area contributed by atoms with Crippen LogP contribution in [-0.2, 0) is 14.9 Å². The molecule has 0 atom stereocenters. The Morgan fingerprint density at radius 3 is 2.67 bits per heavy atom. The lowest BCUT2D eigenvalue weighted by molar-refractivity contribution is -0.119. The molecule has 2 aliphatic rings. The number of nitrogens with zero attached hydrogens (tertiary/aromatic N) is 2. The van der Waals surface area contributed by atoms with Gasteiger partial charge in [-0.15, -0.1) is 0 Å². The molecular formula is C31H29N5O2S. The Morgan fingerprint density at radius 1 is 1.03 bits per heavy atom. The molecule has 4 aromatic rings. The number of carbonyl (C=O) groups excluding carboxylic acids is 1. The van der Waals surface area contributed by atoms with Gasteiger partial charge in [0, 0.05) is 64.3 Å². The number of hydrogen-bond donors (Lipinski definition) is 3. The number of benzene rings is 2. The van der Waals surface area contributed by atoms with Gasteiger partial charge in [0.15, 0.2) is 0 Å². The van der Waals surface area contributed by atoms with E-state index in [1.165, 1.54) is 0 Å². The van der Waals surface area contributed by atoms with Crippen molar-refractivity contribution in [1.82, 2.24) is 14.7 Å². The summed E-state index contributed by atoms with van der Waals surface area (Å²) in [6, 6.07) is 18.6. The number of fused-ring (bicyclic) bond motifs is 2. The first-order valence-electron chi connectivity index (χ1n) is 13.1. The topological polar surface area (TPSA) is 88.2 Å². The van der Waals surface area contributed by atoms with Crippen molar-refractivity contribution >= 4 is 45.8 Å². The Hall–Kier alpha value is -3.90. The smallest absolute Gasteiger partial charge is 0.234 e. The summed E-state index contributed by atoms with van der Waals surface area (Å²) in [5.41, 5.74) is 3.73. The molecule has 3 N–H and O–H groups in total. The molecule has 6 rings (SSSR count). The summed E-state index contributed by atoms with van der Waals surface area (Å²) < 4.78 is 8.97. The van der Waals surface area contributed by atoms with Crippen LogP contribution < -0.4 is 15.4 Å². The Kier molecular flexibility index (Phi) is 6.96. The van der Waals surface area contributed by atoms with Gasteiger partial charge in [-0.25, -0.2) is 9.97 Å². The van der Waals surface area contributed by atoms with Crippen molar-refractivity contribution < 1.29 is 9.53 Å². The van der Waals surface area contributed by atoms with Gasteiger partial charge in [-0.05, 0) is 98.7 Å². The molecule has 1 amide bonds. The zero-order valence-electron chi connectivity index (χ0n) is 21.9. The quantitative estimate of drug-likeness (QED) is 0.221. The highest BCUT2D eigenvalue weighted by Gasteiger charge is 2.38. The van der Waals surface area contributed by atoms with Crippen LogP contribution in [0.15, 0.2) is 71.9 Å². The van der Waals surface area contributed by atoms with Crippen LogP contribution in [-0.4, -0.2) is 35.1 Å². The summed E-state index contributed by atoms with van der Waals surface area (Å²) >= 11 is 1.66. The molecular weight excluding hydrogens is 506 g/mol. The minimum Gasteiger partial charge on any atom is -0.381 e. The second kappa shape index (κ2) is 10.7. The predicted molar refractivity (Wildman–Crippen MR) is 156 cm³/mol. The van der Waals surface area contributed by atoms with Crippen LogP contribution in [0.3, 0.4) is 0 Å². The highest BCUT2D eigenvalue weighted by Crippen LogP contribution is 2.37. The molecule has 7 nitrogen and oxygen atoms in total. The van der Waals surface area contributed by atoms with Crippen molar-refractivity contribution in [2.45, 2.75) is 43.0 Å². The van der Waals surface area contributed by atoms with Crippen molar-refractivity contribution in [3.05, 3.63) is 83.8 Å². The van der Waals surface area contributed by atoms with Crippen LogP contribution in [0.5, 0.6) is 0 Å². The van der Waals surface area contributed by atoms with E-state index in [-0.39, 0.29) is 5.91 Å². The summed E-state index contributed by atoms with van der Waals surface area (Å²) in [6.45, 7) is 5.51. The third-order valence-electron chi connectivity index (χ3n) is 7.17. The van der Waals surface area contributed by atoms with Crippen LogP contribution in [0.2, 0.25) is 0 Å². The third kappa shape index (κ3) is 5.48. The van der Waals surface area contributed by atoms with E-state index in [0.29, 0.717) is 11.7 Å². The number of anilines is 3. The first kappa shape index (κ1) is 25.4. The number of rotatable bonds is 5. The van der Waals surface area contributed by atoms with Gasteiger partial charge in [-0.2, -0.15) is 0 Å². The average molecular weight is 536 g/mol. The Balaban J connectivity index is 1.18. The van der Waals surface area contributed by atoms with E-state index in [1.807, 2.05) is 50.4 Å². The number of amides is 1. The molecule has 0 radical (unpaired) electrons. The largest absolute Gasteiger partial charge is 0.381 e. The molecule has 0 aliphatic carbocycles. The van der Waals surface area contributed by atoms with Gasteiger partial charge in [0.2, 0.25) is 5.91 Å². The Morgan fingerprint density at radius 2 is 1.85 bits per heavy atom. The Labute approximate surface area is 232 Å². The lowest BCUT2D eigenvalue weighted by Crippen LogP contribution is -2.30. The van der Waals surface area contributed by atoms with Crippen molar-refractivity contribution in [2.75, 3.05) is 23.8 Å². The van der Waals surface area contributed by atoms with E-state index in [4.69, 9.17) is 4.74 Å². The van der Waals surface area contributed by atoms with E-state index in [9.17, 15) is 4.79 Å². The third-order valence-corrected chi connectivity index (χ3v) is 8.13. The summed E-state index contributed by atoms with van der Waals surface area (Å²) in [6.07, 6.45) is 5.67. The molecule has 0 unspecified atom stereocenters. The normalized spacial score (nSPS) is 16.3. The lowest BCUT2D eigenvalue weighted by atomic mass is 9.86. The standard InChI is InChI=1S/C31H29N5O2S/c1-31(2)26-9-3-20(17-28(26)35-30(31)37)4-10-27-25-18-29(33-19-21(25)11-14-32-27)34-22-5-7-24(8-6-22)39-36-23-12-15-38-16-13-23/h3,5-9,11,14,17-19,23,36H,12-13,15-16H2,1-2H3,(H,33,34)(H,35,37). The molecule has 196 valence electrons. The second-order valence-electron chi connectivity index (χ2n) is 10.3. The molecule has 1 saturated heterocycles. The maximum absolute atomic E-state index is 12.3. The SMILES string of the molecule is CC1(C)C(=O)Nc2cc(C#Cc3nccc4cnc(Nc5ccc(SNC6CCOCC6)cc5)cc34)ccc21. The molecule has 0 bridgehead atoms. The van der Waals surface area contributed by atoms with E-state index >= 15 is 0 Å². The monoisotopic (exact) mass is 535 g/mol. The molecule has 2 aliphatic heterocycles. The van der Waals surface area contributed by atoms with Gasteiger partial charge >= 0.3 is 0 Å².